The second-order valence-electron chi connectivity index (χ2n) is 4.89. The van der Waals surface area contributed by atoms with Crippen molar-refractivity contribution in [2.75, 3.05) is 0 Å². The largest absolute Gasteiger partial charge is 0.388 e. The number of primary amides is 1. The van der Waals surface area contributed by atoms with Crippen molar-refractivity contribution in [3.05, 3.63) is 81.5 Å². The zero-order valence-corrected chi connectivity index (χ0v) is 12.0. The van der Waals surface area contributed by atoms with Crippen molar-refractivity contribution in [1.82, 2.24) is 0 Å². The maximum atomic E-state index is 14.0. The summed E-state index contributed by atoms with van der Waals surface area (Å²) in [7, 11) is 0. The summed E-state index contributed by atoms with van der Waals surface area (Å²) in [5, 5.41) is 21.0. The molecule has 6 nitrogen and oxygen atoms in total. The molecule has 2 rings (SSSR count). The molecule has 2 aromatic carbocycles. The number of hydrogen-bond donors (Lipinski definition) is 2. The van der Waals surface area contributed by atoms with Crippen molar-refractivity contribution in [2.24, 2.45) is 5.73 Å². The van der Waals surface area contributed by atoms with Crippen molar-refractivity contribution in [1.29, 1.82) is 0 Å². The van der Waals surface area contributed by atoms with Gasteiger partial charge in [-0.1, -0.05) is 30.3 Å². The average molecular weight is 317 g/mol. The van der Waals surface area contributed by atoms with Crippen LogP contribution in [0.3, 0.4) is 0 Å². The Balaban J connectivity index is 2.34. The molecule has 0 spiro atoms. The number of nitro groups is 1. The van der Waals surface area contributed by atoms with Gasteiger partial charge in [0, 0.05) is 17.7 Å². The molecule has 7 heteroatoms. The van der Waals surface area contributed by atoms with E-state index in [0.29, 0.717) is 5.56 Å². The van der Waals surface area contributed by atoms with E-state index in [1.807, 2.05) is 0 Å². The summed E-state index contributed by atoms with van der Waals surface area (Å²) in [6, 6.07) is 11.3. The second-order valence-corrected chi connectivity index (χ2v) is 4.89. The summed E-state index contributed by atoms with van der Waals surface area (Å²) >= 11 is 0. The normalized spacial score (nSPS) is 12.1. The van der Waals surface area contributed by atoms with E-state index in [1.165, 1.54) is 0 Å². The van der Waals surface area contributed by atoms with Crippen LogP contribution in [0.25, 0.3) is 0 Å². The van der Waals surface area contributed by atoms with E-state index < -0.39 is 22.8 Å². The van der Waals surface area contributed by atoms with E-state index in [2.05, 4.69) is 0 Å². The number of nitrogens with zero attached hydrogens (tertiary/aromatic N) is 1. The molecule has 0 aliphatic rings. The fraction of sp³-hybridized carbons (Fsp3) is 0.125. The zero-order valence-electron chi connectivity index (χ0n) is 12.0. The molecule has 0 aliphatic carbocycles. The number of rotatable bonds is 6. The molecule has 1 radical (unpaired) electrons. The van der Waals surface area contributed by atoms with Crippen LogP contribution in [0.4, 0.5) is 10.1 Å². The minimum Gasteiger partial charge on any atom is -0.388 e. The summed E-state index contributed by atoms with van der Waals surface area (Å²) in [5.74, 6) is -1.97. The Morgan fingerprint density at radius 1 is 1.26 bits per heavy atom. The summed E-state index contributed by atoms with van der Waals surface area (Å²) in [4.78, 5) is 21.7. The number of hydrogen-bond acceptors (Lipinski definition) is 4. The van der Waals surface area contributed by atoms with E-state index in [0.717, 1.165) is 18.2 Å². The number of aliphatic hydroxyl groups excluding tert-OH is 1. The first-order valence-corrected chi connectivity index (χ1v) is 6.73. The Morgan fingerprint density at radius 2 is 1.91 bits per heavy atom. The molecule has 0 saturated heterocycles. The topological polar surface area (TPSA) is 106 Å². The molecule has 0 unspecified atom stereocenters. The highest BCUT2D eigenvalue weighted by atomic mass is 19.1. The standard InChI is InChI=1S/C16H14FN2O4/c17-14-7-6-11(19(22)23)8-12(14)13(16(18)21)9-15(20)10-4-2-1-3-5-10/h1-8,15,20H,9H2,(H2,18,21)/t15-/m0/s1. The van der Waals surface area contributed by atoms with Gasteiger partial charge in [-0.05, 0) is 18.1 Å². The van der Waals surface area contributed by atoms with Gasteiger partial charge in [-0.15, -0.1) is 0 Å². The van der Waals surface area contributed by atoms with Gasteiger partial charge in [0.1, 0.15) is 5.82 Å². The molecule has 2 aromatic rings. The van der Waals surface area contributed by atoms with Crippen LogP contribution < -0.4 is 5.73 Å². The zero-order chi connectivity index (χ0) is 17.0. The predicted molar refractivity (Wildman–Crippen MR) is 80.6 cm³/mol. The van der Waals surface area contributed by atoms with Crippen LogP contribution in [0.15, 0.2) is 48.5 Å². The number of carbonyl (C=O) groups is 1. The third-order valence-corrected chi connectivity index (χ3v) is 3.37. The summed E-state index contributed by atoms with van der Waals surface area (Å²) < 4.78 is 14.0. The molecule has 0 aliphatic heterocycles. The molecule has 0 aromatic heterocycles. The van der Waals surface area contributed by atoms with Crippen molar-refractivity contribution in [3.63, 3.8) is 0 Å². The van der Waals surface area contributed by atoms with Crippen LogP contribution in [0.2, 0.25) is 0 Å². The number of nitro benzene ring substituents is 1. The van der Waals surface area contributed by atoms with E-state index in [1.54, 1.807) is 30.3 Å². The van der Waals surface area contributed by atoms with Gasteiger partial charge in [-0.25, -0.2) is 4.39 Å². The highest BCUT2D eigenvalue weighted by Gasteiger charge is 2.28. The highest BCUT2D eigenvalue weighted by molar-refractivity contribution is 5.93. The quantitative estimate of drug-likeness (QED) is 0.629. The van der Waals surface area contributed by atoms with Crippen LogP contribution in [0.5, 0.6) is 0 Å². The monoisotopic (exact) mass is 317 g/mol. The van der Waals surface area contributed by atoms with Gasteiger partial charge in [0.25, 0.3) is 5.69 Å². The van der Waals surface area contributed by atoms with Crippen molar-refractivity contribution < 1.29 is 19.2 Å². The molecule has 0 bridgehead atoms. The first-order chi connectivity index (χ1) is 10.9. The van der Waals surface area contributed by atoms with Gasteiger partial charge in [-0.3, -0.25) is 14.9 Å². The summed E-state index contributed by atoms with van der Waals surface area (Å²) in [6.45, 7) is 0. The molecule has 1 atom stereocenters. The van der Waals surface area contributed by atoms with E-state index in [9.17, 15) is 24.4 Å². The van der Waals surface area contributed by atoms with Crippen LogP contribution in [-0.4, -0.2) is 15.9 Å². The Hall–Kier alpha value is -2.80. The minimum absolute atomic E-state index is 0.206. The Kier molecular flexibility index (Phi) is 5.02. The Morgan fingerprint density at radius 3 is 2.48 bits per heavy atom. The van der Waals surface area contributed by atoms with Crippen LogP contribution in [0.1, 0.15) is 23.7 Å². The molecule has 23 heavy (non-hydrogen) atoms. The first-order valence-electron chi connectivity index (χ1n) is 6.73. The molecule has 3 N–H and O–H groups in total. The van der Waals surface area contributed by atoms with Gasteiger partial charge in [0.2, 0.25) is 5.91 Å². The van der Waals surface area contributed by atoms with Crippen molar-refractivity contribution in [2.45, 2.75) is 12.5 Å². The third kappa shape index (κ3) is 3.89. The maximum absolute atomic E-state index is 14.0. The molecule has 0 heterocycles. The average Bonchev–Trinajstić information content (AvgIpc) is 2.53. The number of nitrogens with two attached hydrogens (primary N) is 1. The first kappa shape index (κ1) is 16.6. The smallest absolute Gasteiger partial charge is 0.269 e. The van der Waals surface area contributed by atoms with E-state index >= 15 is 0 Å². The predicted octanol–water partition coefficient (Wildman–Crippen LogP) is 2.27. The third-order valence-electron chi connectivity index (χ3n) is 3.37. The van der Waals surface area contributed by atoms with Crippen LogP contribution in [-0.2, 0) is 4.79 Å². The number of amides is 1. The number of carbonyl (C=O) groups excluding carboxylic acids is 1. The summed E-state index contributed by atoms with van der Waals surface area (Å²) in [5.41, 5.74) is 5.15. The minimum atomic E-state index is -1.09. The van der Waals surface area contributed by atoms with Gasteiger partial charge in [0.05, 0.1) is 16.9 Å². The molecule has 1 amide bonds. The van der Waals surface area contributed by atoms with E-state index in [-0.39, 0.29) is 23.6 Å². The van der Waals surface area contributed by atoms with E-state index in [4.69, 9.17) is 5.73 Å². The number of halogens is 1. The number of aliphatic hydroxyl groups is 1. The van der Waals surface area contributed by atoms with Crippen molar-refractivity contribution in [3.8, 4) is 0 Å². The Bertz CT molecular complexity index is 721. The lowest BCUT2D eigenvalue weighted by molar-refractivity contribution is -0.385. The fourth-order valence-corrected chi connectivity index (χ4v) is 2.19. The lowest BCUT2D eigenvalue weighted by Gasteiger charge is -2.18. The highest BCUT2D eigenvalue weighted by Crippen LogP contribution is 2.31. The SMILES string of the molecule is NC(=O)[C](C[C@H](O)c1ccccc1)c1cc([N+](=O)[O-])ccc1F. The van der Waals surface area contributed by atoms with Gasteiger partial charge in [0.15, 0.2) is 0 Å². The van der Waals surface area contributed by atoms with Crippen LogP contribution in [0, 0.1) is 21.8 Å². The maximum Gasteiger partial charge on any atom is 0.269 e. The fourth-order valence-electron chi connectivity index (χ4n) is 2.19. The van der Waals surface area contributed by atoms with Gasteiger partial charge in [-0.2, -0.15) is 0 Å². The number of benzene rings is 2. The lowest BCUT2D eigenvalue weighted by Crippen LogP contribution is -2.25. The van der Waals surface area contributed by atoms with Gasteiger partial charge < -0.3 is 10.8 Å². The summed E-state index contributed by atoms with van der Waals surface area (Å²) in [6.07, 6.45) is -1.34. The molecule has 0 fully saturated rings. The molecule has 0 saturated carbocycles. The van der Waals surface area contributed by atoms with Crippen LogP contribution >= 0.6 is 0 Å². The molecular formula is C16H14FN2O4. The van der Waals surface area contributed by atoms with Gasteiger partial charge >= 0.3 is 0 Å². The Labute approximate surface area is 131 Å². The molecule has 119 valence electrons. The molecular weight excluding hydrogens is 303 g/mol. The number of non-ortho nitro benzene ring substituents is 1. The second kappa shape index (κ2) is 6.97. The van der Waals surface area contributed by atoms with Crippen molar-refractivity contribution >= 4 is 11.6 Å². The lowest BCUT2D eigenvalue weighted by atomic mass is 9.89.